The minimum absolute atomic E-state index is 0.625. The van der Waals surface area contributed by atoms with E-state index in [9.17, 15) is 9.90 Å². The van der Waals surface area contributed by atoms with E-state index >= 15 is 0 Å². The number of rotatable bonds is 3. The molecule has 0 saturated heterocycles. The van der Waals surface area contributed by atoms with Crippen LogP contribution in [0.5, 0.6) is 0 Å². The summed E-state index contributed by atoms with van der Waals surface area (Å²) in [5, 5.41) is 9.26. The molecule has 0 unspecified atom stereocenters. The SMILES string of the molecule is Nc1ccc(-c2ccc(C3(C(=O)O)CC3)cc2)cc1. The highest BCUT2D eigenvalue weighted by molar-refractivity contribution is 5.85. The van der Waals surface area contributed by atoms with Crippen molar-refractivity contribution in [3.8, 4) is 11.1 Å². The lowest BCUT2D eigenvalue weighted by molar-refractivity contribution is -0.140. The molecule has 0 aliphatic heterocycles. The molecule has 96 valence electrons. The highest BCUT2D eigenvalue weighted by Crippen LogP contribution is 2.48. The van der Waals surface area contributed by atoms with E-state index in [2.05, 4.69) is 0 Å². The van der Waals surface area contributed by atoms with Crippen LogP contribution in [0.25, 0.3) is 11.1 Å². The van der Waals surface area contributed by atoms with Crippen LogP contribution in [0, 0.1) is 0 Å². The van der Waals surface area contributed by atoms with Gasteiger partial charge < -0.3 is 10.8 Å². The number of hydrogen-bond acceptors (Lipinski definition) is 2. The largest absolute Gasteiger partial charge is 0.481 e. The van der Waals surface area contributed by atoms with Crippen molar-refractivity contribution in [3.05, 3.63) is 54.1 Å². The monoisotopic (exact) mass is 253 g/mol. The maximum atomic E-state index is 11.3. The molecular weight excluding hydrogens is 238 g/mol. The van der Waals surface area contributed by atoms with Crippen molar-refractivity contribution in [1.82, 2.24) is 0 Å². The van der Waals surface area contributed by atoms with Gasteiger partial charge in [0.05, 0.1) is 5.41 Å². The summed E-state index contributed by atoms with van der Waals surface area (Å²) in [4.78, 5) is 11.3. The van der Waals surface area contributed by atoms with Crippen LogP contribution in [0.2, 0.25) is 0 Å². The Balaban J connectivity index is 1.91. The highest BCUT2D eigenvalue weighted by Gasteiger charge is 2.51. The Kier molecular flexibility index (Phi) is 2.56. The number of carboxylic acids is 1. The van der Waals surface area contributed by atoms with E-state index in [4.69, 9.17) is 5.73 Å². The smallest absolute Gasteiger partial charge is 0.314 e. The molecule has 0 bridgehead atoms. The molecule has 0 amide bonds. The normalized spacial score (nSPS) is 16.0. The molecule has 1 aliphatic rings. The predicted octanol–water partition coefficient (Wildman–Crippen LogP) is 3.05. The van der Waals surface area contributed by atoms with E-state index < -0.39 is 11.4 Å². The zero-order chi connectivity index (χ0) is 13.5. The fraction of sp³-hybridized carbons (Fsp3) is 0.188. The Morgan fingerprint density at radius 3 is 1.84 bits per heavy atom. The van der Waals surface area contributed by atoms with E-state index in [1.54, 1.807) is 0 Å². The van der Waals surface area contributed by atoms with Crippen molar-refractivity contribution < 1.29 is 9.90 Å². The Morgan fingerprint density at radius 2 is 1.42 bits per heavy atom. The molecule has 0 radical (unpaired) electrons. The van der Waals surface area contributed by atoms with Gasteiger partial charge in [-0.2, -0.15) is 0 Å². The summed E-state index contributed by atoms with van der Waals surface area (Å²) in [6.07, 6.45) is 1.48. The maximum Gasteiger partial charge on any atom is 0.314 e. The molecule has 2 aromatic carbocycles. The van der Waals surface area contributed by atoms with Gasteiger partial charge in [0, 0.05) is 5.69 Å². The first-order valence-electron chi connectivity index (χ1n) is 6.32. The van der Waals surface area contributed by atoms with Crippen molar-refractivity contribution in [1.29, 1.82) is 0 Å². The van der Waals surface area contributed by atoms with E-state index in [1.807, 2.05) is 48.5 Å². The van der Waals surface area contributed by atoms with Crippen LogP contribution in [-0.2, 0) is 10.2 Å². The number of hydrogen-bond donors (Lipinski definition) is 2. The minimum atomic E-state index is -0.715. The number of nitrogens with two attached hydrogens (primary N) is 1. The van der Waals surface area contributed by atoms with Gasteiger partial charge in [-0.05, 0) is 41.7 Å². The summed E-state index contributed by atoms with van der Waals surface area (Å²) in [5.74, 6) is -0.715. The van der Waals surface area contributed by atoms with Gasteiger partial charge in [0.25, 0.3) is 0 Å². The Morgan fingerprint density at radius 1 is 0.947 bits per heavy atom. The number of aliphatic carboxylic acids is 1. The summed E-state index contributed by atoms with van der Waals surface area (Å²) in [7, 11) is 0. The molecular formula is C16H15NO2. The first kappa shape index (κ1) is 11.8. The number of anilines is 1. The fourth-order valence-corrected chi connectivity index (χ4v) is 2.41. The lowest BCUT2D eigenvalue weighted by Gasteiger charge is -2.11. The summed E-state index contributed by atoms with van der Waals surface area (Å²) in [6, 6.07) is 15.5. The number of carbonyl (C=O) groups is 1. The zero-order valence-electron chi connectivity index (χ0n) is 10.5. The molecule has 0 aromatic heterocycles. The lowest BCUT2D eigenvalue weighted by atomic mass is 9.94. The second-order valence-electron chi connectivity index (χ2n) is 5.09. The molecule has 3 N–H and O–H groups in total. The van der Waals surface area contributed by atoms with E-state index in [1.165, 1.54) is 0 Å². The molecule has 1 fully saturated rings. The van der Waals surface area contributed by atoms with Gasteiger partial charge in [0.1, 0.15) is 0 Å². The van der Waals surface area contributed by atoms with E-state index in [-0.39, 0.29) is 0 Å². The third-order valence-electron chi connectivity index (χ3n) is 3.84. The summed E-state index contributed by atoms with van der Waals surface area (Å²) >= 11 is 0. The second-order valence-corrected chi connectivity index (χ2v) is 5.09. The molecule has 1 saturated carbocycles. The highest BCUT2D eigenvalue weighted by atomic mass is 16.4. The number of nitrogen functional groups attached to an aromatic ring is 1. The predicted molar refractivity (Wildman–Crippen MR) is 74.8 cm³/mol. The third kappa shape index (κ3) is 1.97. The average molecular weight is 253 g/mol. The van der Waals surface area contributed by atoms with Crippen LogP contribution in [-0.4, -0.2) is 11.1 Å². The fourth-order valence-electron chi connectivity index (χ4n) is 2.41. The molecule has 3 heteroatoms. The molecule has 2 aromatic rings. The van der Waals surface area contributed by atoms with E-state index in [0.717, 1.165) is 35.2 Å². The first-order chi connectivity index (χ1) is 9.12. The summed E-state index contributed by atoms with van der Waals surface area (Å²) < 4.78 is 0. The van der Waals surface area contributed by atoms with Crippen LogP contribution < -0.4 is 5.73 Å². The third-order valence-corrected chi connectivity index (χ3v) is 3.84. The Labute approximate surface area is 111 Å². The van der Waals surface area contributed by atoms with Crippen LogP contribution >= 0.6 is 0 Å². The van der Waals surface area contributed by atoms with Gasteiger partial charge in [0.2, 0.25) is 0 Å². The van der Waals surface area contributed by atoms with Crippen molar-refractivity contribution in [2.45, 2.75) is 18.3 Å². The van der Waals surface area contributed by atoms with Gasteiger partial charge in [0.15, 0.2) is 0 Å². The first-order valence-corrected chi connectivity index (χ1v) is 6.32. The van der Waals surface area contributed by atoms with Crippen molar-refractivity contribution in [2.75, 3.05) is 5.73 Å². The summed E-state index contributed by atoms with van der Waals surface area (Å²) in [6.45, 7) is 0. The van der Waals surface area contributed by atoms with Crippen molar-refractivity contribution in [2.24, 2.45) is 0 Å². The van der Waals surface area contributed by atoms with Gasteiger partial charge in [-0.1, -0.05) is 36.4 Å². The Bertz CT molecular complexity index is 610. The van der Waals surface area contributed by atoms with Crippen LogP contribution in [0.1, 0.15) is 18.4 Å². The molecule has 3 nitrogen and oxygen atoms in total. The van der Waals surface area contributed by atoms with Gasteiger partial charge in [-0.3, -0.25) is 4.79 Å². The molecule has 0 heterocycles. The summed E-state index contributed by atoms with van der Waals surface area (Å²) in [5.41, 5.74) is 8.84. The van der Waals surface area contributed by atoms with E-state index in [0.29, 0.717) is 0 Å². The zero-order valence-corrected chi connectivity index (χ0v) is 10.5. The molecule has 3 rings (SSSR count). The van der Waals surface area contributed by atoms with Crippen molar-refractivity contribution in [3.63, 3.8) is 0 Å². The van der Waals surface area contributed by atoms with Crippen molar-refractivity contribution >= 4 is 11.7 Å². The van der Waals surface area contributed by atoms with Gasteiger partial charge >= 0.3 is 5.97 Å². The average Bonchev–Trinajstić information content (AvgIpc) is 3.21. The second kappa shape index (κ2) is 4.12. The standard InChI is InChI=1S/C16H15NO2/c17-14-7-3-12(4-8-14)11-1-5-13(6-2-11)16(9-10-16)15(18)19/h1-8H,9-10,17H2,(H,18,19). The number of carboxylic acid groups (broad SMARTS) is 1. The Hall–Kier alpha value is -2.29. The molecule has 0 atom stereocenters. The van der Waals surface area contributed by atoms with Crippen LogP contribution in [0.3, 0.4) is 0 Å². The van der Waals surface area contributed by atoms with Crippen LogP contribution in [0.15, 0.2) is 48.5 Å². The topological polar surface area (TPSA) is 63.3 Å². The minimum Gasteiger partial charge on any atom is -0.481 e. The maximum absolute atomic E-state index is 11.3. The van der Waals surface area contributed by atoms with Gasteiger partial charge in [-0.15, -0.1) is 0 Å². The quantitative estimate of drug-likeness (QED) is 0.826. The number of benzene rings is 2. The van der Waals surface area contributed by atoms with Gasteiger partial charge in [-0.25, -0.2) is 0 Å². The lowest BCUT2D eigenvalue weighted by Crippen LogP contribution is -2.19. The molecule has 1 aliphatic carbocycles. The van der Waals surface area contributed by atoms with Crippen LogP contribution in [0.4, 0.5) is 5.69 Å². The molecule has 0 spiro atoms. The molecule has 19 heavy (non-hydrogen) atoms.